The van der Waals surface area contributed by atoms with Crippen LogP contribution in [0.3, 0.4) is 0 Å². The third-order valence-corrected chi connectivity index (χ3v) is 3.68. The van der Waals surface area contributed by atoms with Gasteiger partial charge in [-0.25, -0.2) is 9.18 Å². The molecule has 3 rings (SSSR count). The van der Waals surface area contributed by atoms with Gasteiger partial charge in [0.1, 0.15) is 0 Å². The Morgan fingerprint density at radius 2 is 2.29 bits per heavy atom. The van der Waals surface area contributed by atoms with Gasteiger partial charge in [-0.15, -0.1) is 5.10 Å². The zero-order valence-electron chi connectivity index (χ0n) is 13.5. The molecule has 1 aliphatic rings. The van der Waals surface area contributed by atoms with E-state index in [0.717, 1.165) is 0 Å². The lowest BCUT2D eigenvalue weighted by atomic mass is 10.0. The van der Waals surface area contributed by atoms with E-state index in [1.807, 2.05) is 13.8 Å². The van der Waals surface area contributed by atoms with Crippen molar-refractivity contribution in [2.24, 2.45) is 0 Å². The monoisotopic (exact) mass is 334 g/mol. The van der Waals surface area contributed by atoms with Crippen LogP contribution in [0.4, 0.5) is 15.1 Å². The molecule has 0 radical (unpaired) electrons. The minimum absolute atomic E-state index is 0.0463. The Hall–Kier alpha value is -2.71. The average Bonchev–Trinajstić information content (AvgIpc) is 2.90. The van der Waals surface area contributed by atoms with Crippen molar-refractivity contribution in [3.05, 3.63) is 29.6 Å². The van der Waals surface area contributed by atoms with E-state index >= 15 is 0 Å². The highest BCUT2D eigenvalue weighted by atomic mass is 19.1. The van der Waals surface area contributed by atoms with Crippen LogP contribution in [0.15, 0.2) is 18.2 Å². The Balaban J connectivity index is 1.71. The number of nitrogens with zero attached hydrogens (tertiary/aromatic N) is 4. The van der Waals surface area contributed by atoms with E-state index in [1.54, 1.807) is 12.1 Å². The van der Waals surface area contributed by atoms with E-state index < -0.39 is 11.8 Å². The highest BCUT2D eigenvalue weighted by molar-refractivity contribution is 5.87. The number of carbonyl (C=O) groups is 1. The number of benzene rings is 1. The number of rotatable bonds is 3. The minimum atomic E-state index is -0.472. The van der Waals surface area contributed by atoms with Gasteiger partial charge in [0.05, 0.1) is 18.7 Å². The topological polar surface area (TPSA) is 94.0 Å². The lowest BCUT2D eigenvalue weighted by Gasteiger charge is -2.18. The van der Waals surface area contributed by atoms with Gasteiger partial charge in [0.25, 0.3) is 5.95 Å². The molecule has 0 saturated heterocycles. The van der Waals surface area contributed by atoms with Crippen LogP contribution in [0.25, 0.3) is 0 Å². The molecule has 2 heterocycles. The van der Waals surface area contributed by atoms with Gasteiger partial charge in [-0.1, -0.05) is 17.2 Å². The number of carbonyl (C=O) groups excluding carboxylic acids is 1. The largest absolute Gasteiger partial charge is 0.490 e. The average molecular weight is 334 g/mol. The lowest BCUT2D eigenvalue weighted by molar-refractivity contribution is 0.247. The van der Waals surface area contributed by atoms with Crippen LogP contribution in [0, 0.1) is 5.82 Å². The predicted octanol–water partition coefficient (Wildman–Crippen LogP) is 2.43. The number of halogens is 1. The highest BCUT2D eigenvalue weighted by Gasteiger charge is 2.24. The number of nitrogens with one attached hydrogen (secondary N) is 2. The zero-order valence-corrected chi connectivity index (χ0v) is 13.5. The van der Waals surface area contributed by atoms with E-state index in [4.69, 9.17) is 4.74 Å². The molecular weight excluding hydrogens is 315 g/mol. The number of amides is 2. The van der Waals surface area contributed by atoms with Gasteiger partial charge < -0.3 is 10.1 Å². The molecule has 128 valence electrons. The summed E-state index contributed by atoms with van der Waals surface area (Å²) in [5.41, 5.74) is 0.626. The van der Waals surface area contributed by atoms with E-state index in [0.29, 0.717) is 25.0 Å². The molecule has 0 spiro atoms. The zero-order chi connectivity index (χ0) is 17.1. The number of ether oxygens (including phenoxy) is 1. The summed E-state index contributed by atoms with van der Waals surface area (Å²) in [5, 5.41) is 17.0. The maximum Gasteiger partial charge on any atom is 0.322 e. The summed E-state index contributed by atoms with van der Waals surface area (Å²) in [5.74, 6) is -0.113. The Morgan fingerprint density at radius 3 is 3.04 bits per heavy atom. The Labute approximate surface area is 138 Å². The van der Waals surface area contributed by atoms with Crippen molar-refractivity contribution in [2.75, 3.05) is 11.9 Å². The van der Waals surface area contributed by atoms with Gasteiger partial charge in [0.2, 0.25) is 0 Å². The fourth-order valence-corrected chi connectivity index (χ4v) is 2.51. The van der Waals surface area contributed by atoms with Gasteiger partial charge in [0, 0.05) is 5.56 Å². The molecule has 2 aromatic rings. The first kappa shape index (κ1) is 16.2. The first-order valence-corrected chi connectivity index (χ1v) is 7.83. The van der Waals surface area contributed by atoms with Gasteiger partial charge in [-0.3, -0.25) is 5.32 Å². The van der Waals surface area contributed by atoms with Gasteiger partial charge in [-0.05, 0) is 38.0 Å². The maximum absolute atomic E-state index is 13.9. The summed E-state index contributed by atoms with van der Waals surface area (Å²) >= 11 is 0. The first-order chi connectivity index (χ1) is 11.5. The highest BCUT2D eigenvalue weighted by Crippen LogP contribution is 2.33. The van der Waals surface area contributed by atoms with Crippen LogP contribution >= 0.6 is 0 Å². The second kappa shape index (κ2) is 6.81. The van der Waals surface area contributed by atoms with Crippen molar-refractivity contribution in [1.82, 2.24) is 25.5 Å². The standard InChI is InChI=1S/C15H19FN6O2/c1-9(2)22-20-14(19-21-22)18-15(23)17-12-7-4-8-24-13-10(12)5-3-6-11(13)16/h3,5-6,9,12H,4,7-8H2,1-2H3,(H2,17,18,20,23). The second-order valence-electron chi connectivity index (χ2n) is 5.83. The van der Waals surface area contributed by atoms with E-state index in [9.17, 15) is 9.18 Å². The fraction of sp³-hybridized carbons (Fsp3) is 0.467. The minimum Gasteiger partial charge on any atom is -0.490 e. The number of fused-ring (bicyclic) bond motifs is 1. The number of hydrogen-bond acceptors (Lipinski definition) is 5. The first-order valence-electron chi connectivity index (χ1n) is 7.83. The lowest BCUT2D eigenvalue weighted by Crippen LogP contribution is -2.33. The molecule has 1 unspecified atom stereocenters. The molecule has 8 nitrogen and oxygen atoms in total. The molecule has 1 aromatic carbocycles. The summed E-state index contributed by atoms with van der Waals surface area (Å²) in [6.07, 6.45) is 1.36. The van der Waals surface area contributed by atoms with E-state index in [-0.39, 0.29) is 23.8 Å². The van der Waals surface area contributed by atoms with Crippen molar-refractivity contribution < 1.29 is 13.9 Å². The molecule has 0 fully saturated rings. The molecule has 1 aliphatic heterocycles. The molecule has 9 heteroatoms. The van der Waals surface area contributed by atoms with Crippen molar-refractivity contribution in [2.45, 2.75) is 38.8 Å². The van der Waals surface area contributed by atoms with Gasteiger partial charge >= 0.3 is 6.03 Å². The van der Waals surface area contributed by atoms with E-state index in [1.165, 1.54) is 10.9 Å². The van der Waals surface area contributed by atoms with Crippen LogP contribution in [-0.2, 0) is 0 Å². The molecule has 2 amide bonds. The summed E-state index contributed by atoms with van der Waals surface area (Å²) in [4.78, 5) is 13.6. The number of tetrazole rings is 1. The molecule has 1 atom stereocenters. The molecule has 2 N–H and O–H groups in total. The van der Waals surface area contributed by atoms with Crippen molar-refractivity contribution in [3.8, 4) is 5.75 Å². The molecule has 0 saturated carbocycles. The number of para-hydroxylation sites is 1. The van der Waals surface area contributed by atoms with Crippen LogP contribution in [-0.4, -0.2) is 32.8 Å². The molecule has 0 bridgehead atoms. The van der Waals surface area contributed by atoms with Gasteiger partial charge in [-0.2, -0.15) is 4.80 Å². The van der Waals surface area contributed by atoms with Crippen molar-refractivity contribution in [3.63, 3.8) is 0 Å². The van der Waals surface area contributed by atoms with Crippen LogP contribution in [0.2, 0.25) is 0 Å². The predicted molar refractivity (Wildman–Crippen MR) is 84.2 cm³/mol. The number of aromatic nitrogens is 4. The van der Waals surface area contributed by atoms with Crippen molar-refractivity contribution in [1.29, 1.82) is 0 Å². The van der Waals surface area contributed by atoms with Crippen molar-refractivity contribution >= 4 is 12.0 Å². The molecule has 1 aromatic heterocycles. The smallest absolute Gasteiger partial charge is 0.322 e. The normalized spacial score (nSPS) is 16.9. The second-order valence-corrected chi connectivity index (χ2v) is 5.83. The fourth-order valence-electron chi connectivity index (χ4n) is 2.51. The Morgan fingerprint density at radius 1 is 1.46 bits per heavy atom. The molecular formula is C15H19FN6O2. The number of anilines is 1. The number of hydrogen-bond donors (Lipinski definition) is 2. The summed E-state index contributed by atoms with van der Waals surface area (Å²) in [7, 11) is 0. The Bertz CT molecular complexity index is 733. The third-order valence-electron chi connectivity index (χ3n) is 3.68. The van der Waals surface area contributed by atoms with Crippen LogP contribution < -0.4 is 15.4 Å². The summed E-state index contributed by atoms with van der Waals surface area (Å²) in [6, 6.07) is 3.92. The third kappa shape index (κ3) is 3.44. The molecule has 0 aliphatic carbocycles. The maximum atomic E-state index is 13.9. The number of urea groups is 1. The van der Waals surface area contributed by atoms with Crippen LogP contribution in [0.5, 0.6) is 5.75 Å². The van der Waals surface area contributed by atoms with E-state index in [2.05, 4.69) is 26.0 Å². The quantitative estimate of drug-likeness (QED) is 0.899. The van der Waals surface area contributed by atoms with Gasteiger partial charge in [0.15, 0.2) is 11.6 Å². The van der Waals surface area contributed by atoms with Crippen LogP contribution in [0.1, 0.15) is 44.3 Å². The summed E-state index contributed by atoms with van der Waals surface area (Å²) < 4.78 is 19.4. The molecule has 24 heavy (non-hydrogen) atoms. The SMILES string of the molecule is CC(C)n1nnc(NC(=O)NC2CCCOc3c(F)cccc32)n1. The summed E-state index contributed by atoms with van der Waals surface area (Å²) in [6.45, 7) is 4.23. The Kier molecular flexibility index (Phi) is 4.59.